The van der Waals surface area contributed by atoms with Crippen LogP contribution in [0.1, 0.15) is 39.5 Å². The molecule has 0 bridgehead atoms. The summed E-state index contributed by atoms with van der Waals surface area (Å²) in [6.07, 6.45) is 4.38. The average Bonchev–Trinajstić information content (AvgIpc) is 2.59. The van der Waals surface area contributed by atoms with E-state index in [2.05, 4.69) is 17.9 Å². The highest BCUT2D eigenvalue weighted by Crippen LogP contribution is 2.16. The Kier molecular flexibility index (Phi) is 4.56. The molecule has 0 spiro atoms. The fourth-order valence-corrected chi connectivity index (χ4v) is 2.11. The molecule has 0 aromatic heterocycles. The molecular formula is C12H23N3. The van der Waals surface area contributed by atoms with Crippen molar-refractivity contribution in [1.29, 1.82) is 5.26 Å². The van der Waals surface area contributed by atoms with E-state index in [0.717, 1.165) is 18.8 Å². The summed E-state index contributed by atoms with van der Waals surface area (Å²) in [5, 5.41) is 8.75. The zero-order valence-electron chi connectivity index (χ0n) is 10.00. The molecule has 3 nitrogen and oxygen atoms in total. The SMILES string of the molecule is CC1CCN(CCCCC(C)(N)C#N)C1. The van der Waals surface area contributed by atoms with E-state index in [1.807, 2.05) is 6.92 Å². The molecule has 1 saturated heterocycles. The van der Waals surface area contributed by atoms with E-state index in [0.29, 0.717) is 0 Å². The van der Waals surface area contributed by atoms with Crippen molar-refractivity contribution in [2.45, 2.75) is 45.1 Å². The lowest BCUT2D eigenvalue weighted by molar-refractivity contribution is 0.314. The Morgan fingerprint density at radius 3 is 2.80 bits per heavy atom. The molecule has 1 aliphatic heterocycles. The molecule has 2 atom stereocenters. The van der Waals surface area contributed by atoms with Gasteiger partial charge in [-0.25, -0.2) is 0 Å². The van der Waals surface area contributed by atoms with E-state index in [9.17, 15) is 0 Å². The minimum absolute atomic E-state index is 0.627. The predicted molar refractivity (Wildman–Crippen MR) is 62.3 cm³/mol. The molecule has 2 unspecified atom stereocenters. The van der Waals surface area contributed by atoms with Crippen molar-refractivity contribution in [3.05, 3.63) is 0 Å². The Bertz CT molecular complexity index is 230. The molecule has 1 aliphatic rings. The smallest absolute Gasteiger partial charge is 0.101 e. The van der Waals surface area contributed by atoms with Gasteiger partial charge >= 0.3 is 0 Å². The number of likely N-dealkylation sites (tertiary alicyclic amines) is 1. The Hall–Kier alpha value is -0.590. The molecule has 2 N–H and O–H groups in total. The molecule has 86 valence electrons. The first-order valence-electron chi connectivity index (χ1n) is 5.96. The maximum absolute atomic E-state index is 8.75. The number of unbranched alkanes of at least 4 members (excludes halogenated alkanes) is 1. The zero-order chi connectivity index (χ0) is 11.3. The van der Waals surface area contributed by atoms with E-state index in [4.69, 9.17) is 11.0 Å². The van der Waals surface area contributed by atoms with Crippen LogP contribution in [0.25, 0.3) is 0 Å². The molecule has 0 aromatic carbocycles. The van der Waals surface area contributed by atoms with Gasteiger partial charge in [0.05, 0.1) is 6.07 Å². The highest BCUT2D eigenvalue weighted by molar-refractivity contribution is 5.00. The third kappa shape index (κ3) is 4.63. The summed E-state index contributed by atoms with van der Waals surface area (Å²) in [4.78, 5) is 2.52. The van der Waals surface area contributed by atoms with Crippen LogP contribution in [0.2, 0.25) is 0 Å². The standard InChI is InChI=1S/C12H23N3/c1-11-5-8-15(9-11)7-4-3-6-12(2,14)10-13/h11H,3-9,14H2,1-2H3. The molecule has 0 saturated carbocycles. The second-order valence-corrected chi connectivity index (χ2v) is 5.18. The van der Waals surface area contributed by atoms with Crippen LogP contribution in [-0.4, -0.2) is 30.1 Å². The Morgan fingerprint density at radius 1 is 1.53 bits per heavy atom. The minimum Gasteiger partial charge on any atom is -0.314 e. The Morgan fingerprint density at radius 2 is 2.27 bits per heavy atom. The second kappa shape index (κ2) is 5.48. The summed E-state index contributed by atoms with van der Waals surface area (Å²) in [6.45, 7) is 7.79. The molecule has 1 rings (SSSR count). The van der Waals surface area contributed by atoms with Crippen LogP contribution in [0.5, 0.6) is 0 Å². The molecule has 0 amide bonds. The van der Waals surface area contributed by atoms with E-state index >= 15 is 0 Å². The minimum atomic E-state index is -0.627. The fraction of sp³-hybridized carbons (Fsp3) is 0.917. The van der Waals surface area contributed by atoms with Crippen LogP contribution < -0.4 is 5.73 Å². The zero-order valence-corrected chi connectivity index (χ0v) is 10.00. The van der Waals surface area contributed by atoms with Crippen molar-refractivity contribution in [3.8, 4) is 6.07 Å². The lowest BCUT2D eigenvalue weighted by atomic mass is 9.98. The summed E-state index contributed by atoms with van der Waals surface area (Å²) in [7, 11) is 0. The summed E-state index contributed by atoms with van der Waals surface area (Å²) in [5.74, 6) is 0.865. The Labute approximate surface area is 93.2 Å². The van der Waals surface area contributed by atoms with Gasteiger partial charge in [-0.3, -0.25) is 0 Å². The van der Waals surface area contributed by atoms with Crippen molar-refractivity contribution in [2.24, 2.45) is 11.7 Å². The first kappa shape index (κ1) is 12.5. The molecular weight excluding hydrogens is 186 g/mol. The topological polar surface area (TPSA) is 53.0 Å². The van der Waals surface area contributed by atoms with E-state index < -0.39 is 5.54 Å². The van der Waals surface area contributed by atoms with Crippen LogP contribution in [0.3, 0.4) is 0 Å². The van der Waals surface area contributed by atoms with Gasteiger partial charge < -0.3 is 10.6 Å². The first-order chi connectivity index (χ1) is 7.03. The predicted octanol–water partition coefficient (Wildman–Crippen LogP) is 1.74. The van der Waals surface area contributed by atoms with Crippen LogP contribution in [-0.2, 0) is 0 Å². The summed E-state index contributed by atoms with van der Waals surface area (Å²) >= 11 is 0. The fourth-order valence-electron chi connectivity index (χ4n) is 2.11. The van der Waals surface area contributed by atoms with E-state index in [1.165, 1.54) is 32.5 Å². The number of nitrogens with zero attached hydrogens (tertiary/aromatic N) is 2. The number of hydrogen-bond acceptors (Lipinski definition) is 3. The normalized spacial score (nSPS) is 26.1. The van der Waals surface area contributed by atoms with E-state index in [-0.39, 0.29) is 0 Å². The van der Waals surface area contributed by atoms with Gasteiger partial charge in [0.1, 0.15) is 5.54 Å². The molecule has 0 aliphatic carbocycles. The van der Waals surface area contributed by atoms with Gasteiger partial charge in [0, 0.05) is 6.54 Å². The molecule has 15 heavy (non-hydrogen) atoms. The first-order valence-corrected chi connectivity index (χ1v) is 5.96. The summed E-state index contributed by atoms with van der Waals surface area (Å²) in [5.41, 5.74) is 5.13. The van der Waals surface area contributed by atoms with Gasteiger partial charge in [0.15, 0.2) is 0 Å². The monoisotopic (exact) mass is 209 g/mol. The number of nitrogens with two attached hydrogens (primary N) is 1. The maximum atomic E-state index is 8.75. The second-order valence-electron chi connectivity index (χ2n) is 5.18. The van der Waals surface area contributed by atoms with Crippen LogP contribution in [0.15, 0.2) is 0 Å². The van der Waals surface area contributed by atoms with Crippen LogP contribution in [0, 0.1) is 17.2 Å². The molecule has 0 aromatic rings. The van der Waals surface area contributed by atoms with Gasteiger partial charge in [0.2, 0.25) is 0 Å². The highest BCUT2D eigenvalue weighted by Gasteiger charge is 2.19. The van der Waals surface area contributed by atoms with Crippen molar-refractivity contribution in [1.82, 2.24) is 4.90 Å². The lowest BCUT2D eigenvalue weighted by Crippen LogP contribution is -2.34. The Balaban J connectivity index is 2.05. The number of nitriles is 1. The van der Waals surface area contributed by atoms with Crippen molar-refractivity contribution in [2.75, 3.05) is 19.6 Å². The molecule has 3 heteroatoms. The van der Waals surface area contributed by atoms with Crippen molar-refractivity contribution < 1.29 is 0 Å². The van der Waals surface area contributed by atoms with Crippen molar-refractivity contribution in [3.63, 3.8) is 0 Å². The van der Waals surface area contributed by atoms with Crippen molar-refractivity contribution >= 4 is 0 Å². The molecule has 1 heterocycles. The van der Waals surface area contributed by atoms with E-state index in [1.54, 1.807) is 0 Å². The summed E-state index contributed by atoms with van der Waals surface area (Å²) in [6, 6.07) is 2.14. The van der Waals surface area contributed by atoms with Crippen LogP contribution in [0.4, 0.5) is 0 Å². The van der Waals surface area contributed by atoms with Gasteiger partial charge in [-0.15, -0.1) is 0 Å². The quantitative estimate of drug-likeness (QED) is 0.702. The largest absolute Gasteiger partial charge is 0.314 e. The maximum Gasteiger partial charge on any atom is 0.101 e. The number of hydrogen-bond donors (Lipinski definition) is 1. The van der Waals surface area contributed by atoms with Gasteiger partial charge in [-0.2, -0.15) is 5.26 Å². The van der Waals surface area contributed by atoms with Gasteiger partial charge in [-0.05, 0) is 51.6 Å². The molecule has 0 radical (unpaired) electrons. The third-order valence-electron chi connectivity index (χ3n) is 3.18. The van der Waals surface area contributed by atoms with Gasteiger partial charge in [-0.1, -0.05) is 6.92 Å². The third-order valence-corrected chi connectivity index (χ3v) is 3.18. The number of rotatable bonds is 5. The average molecular weight is 209 g/mol. The van der Waals surface area contributed by atoms with Gasteiger partial charge in [0.25, 0.3) is 0 Å². The van der Waals surface area contributed by atoms with Crippen LogP contribution >= 0.6 is 0 Å². The highest BCUT2D eigenvalue weighted by atomic mass is 15.1. The molecule has 1 fully saturated rings. The lowest BCUT2D eigenvalue weighted by Gasteiger charge is -2.17. The summed E-state index contributed by atoms with van der Waals surface area (Å²) < 4.78 is 0.